The lowest BCUT2D eigenvalue weighted by atomic mass is 9.55. The first-order valence-corrected chi connectivity index (χ1v) is 8.42. The molecule has 0 bridgehead atoms. The standard InChI is InChI=1S/C19H24O3/c1-19-8-7-14-13-4-3-12(22-2)9-11(13)10-16(20)18(14)15(19)5-6-17(19)21/h3-4,9,14-15,17-18,21H,5-8,10H2,1-2H3/t14-,15+,17+,18-,19+/m1/s1. The van der Waals surface area contributed by atoms with Crippen molar-refractivity contribution in [3.8, 4) is 5.75 Å². The second-order valence-electron chi connectivity index (χ2n) is 7.58. The molecule has 0 aliphatic heterocycles. The van der Waals surface area contributed by atoms with E-state index in [0.29, 0.717) is 24.0 Å². The highest BCUT2D eigenvalue weighted by Gasteiger charge is 2.56. The summed E-state index contributed by atoms with van der Waals surface area (Å²) in [5, 5.41) is 10.4. The Labute approximate surface area is 131 Å². The molecular weight excluding hydrogens is 276 g/mol. The monoisotopic (exact) mass is 300 g/mol. The molecule has 3 aliphatic rings. The third-order valence-electron chi connectivity index (χ3n) is 6.71. The van der Waals surface area contributed by atoms with Crippen LogP contribution in [0.2, 0.25) is 0 Å². The van der Waals surface area contributed by atoms with Crippen molar-refractivity contribution in [3.63, 3.8) is 0 Å². The molecule has 0 saturated heterocycles. The third kappa shape index (κ3) is 1.81. The van der Waals surface area contributed by atoms with E-state index in [4.69, 9.17) is 4.74 Å². The van der Waals surface area contributed by atoms with Gasteiger partial charge in [-0.2, -0.15) is 0 Å². The Hall–Kier alpha value is -1.35. The quantitative estimate of drug-likeness (QED) is 0.867. The highest BCUT2D eigenvalue weighted by molar-refractivity contribution is 5.87. The number of methoxy groups -OCH3 is 1. The first-order chi connectivity index (χ1) is 10.5. The summed E-state index contributed by atoms with van der Waals surface area (Å²) in [6.07, 6.45) is 4.18. The maximum Gasteiger partial charge on any atom is 0.141 e. The van der Waals surface area contributed by atoms with Crippen LogP contribution in [0.5, 0.6) is 5.75 Å². The molecule has 3 nitrogen and oxygen atoms in total. The molecule has 0 radical (unpaired) electrons. The first-order valence-electron chi connectivity index (χ1n) is 8.42. The van der Waals surface area contributed by atoms with Gasteiger partial charge in [0.15, 0.2) is 0 Å². The Bertz CT molecular complexity index is 623. The third-order valence-corrected chi connectivity index (χ3v) is 6.71. The van der Waals surface area contributed by atoms with Crippen LogP contribution in [0.1, 0.15) is 49.7 Å². The average Bonchev–Trinajstić information content (AvgIpc) is 2.82. The van der Waals surface area contributed by atoms with Crippen LogP contribution >= 0.6 is 0 Å². The Morgan fingerprint density at radius 1 is 1.27 bits per heavy atom. The first kappa shape index (κ1) is 14.3. The van der Waals surface area contributed by atoms with Gasteiger partial charge in [-0.3, -0.25) is 4.79 Å². The number of ketones is 1. The van der Waals surface area contributed by atoms with Gasteiger partial charge in [0, 0.05) is 12.3 Å². The normalized spacial score (nSPS) is 39.9. The summed E-state index contributed by atoms with van der Waals surface area (Å²) < 4.78 is 5.31. The number of carbonyl (C=O) groups is 1. The zero-order valence-corrected chi connectivity index (χ0v) is 13.3. The molecule has 0 heterocycles. The molecule has 22 heavy (non-hydrogen) atoms. The van der Waals surface area contributed by atoms with E-state index in [9.17, 15) is 9.90 Å². The zero-order chi connectivity index (χ0) is 15.5. The van der Waals surface area contributed by atoms with Crippen LogP contribution < -0.4 is 4.74 Å². The topological polar surface area (TPSA) is 46.5 Å². The van der Waals surface area contributed by atoms with Crippen LogP contribution in [0.25, 0.3) is 0 Å². The summed E-state index contributed by atoms with van der Waals surface area (Å²) in [6, 6.07) is 6.20. The maximum atomic E-state index is 12.9. The number of rotatable bonds is 1. The van der Waals surface area contributed by atoms with Gasteiger partial charge < -0.3 is 9.84 Å². The Morgan fingerprint density at radius 2 is 2.09 bits per heavy atom. The number of aliphatic hydroxyl groups excluding tert-OH is 1. The van der Waals surface area contributed by atoms with Crippen LogP contribution in [0.15, 0.2) is 18.2 Å². The van der Waals surface area contributed by atoms with Crippen LogP contribution in [0.3, 0.4) is 0 Å². The Morgan fingerprint density at radius 3 is 2.86 bits per heavy atom. The summed E-state index contributed by atoms with van der Waals surface area (Å²) in [4.78, 5) is 12.9. The van der Waals surface area contributed by atoms with Crippen LogP contribution in [0, 0.1) is 17.3 Å². The average molecular weight is 300 g/mol. The number of hydrogen-bond donors (Lipinski definition) is 1. The van der Waals surface area contributed by atoms with Crippen molar-refractivity contribution in [3.05, 3.63) is 29.3 Å². The number of hydrogen-bond acceptors (Lipinski definition) is 3. The Balaban J connectivity index is 1.75. The van der Waals surface area contributed by atoms with Crippen molar-refractivity contribution < 1.29 is 14.6 Å². The molecule has 4 rings (SSSR count). The van der Waals surface area contributed by atoms with Crippen LogP contribution in [-0.4, -0.2) is 24.1 Å². The van der Waals surface area contributed by atoms with Gasteiger partial charge in [0.1, 0.15) is 11.5 Å². The van der Waals surface area contributed by atoms with E-state index in [1.807, 2.05) is 12.1 Å². The van der Waals surface area contributed by atoms with Crippen molar-refractivity contribution in [1.82, 2.24) is 0 Å². The van der Waals surface area contributed by atoms with Crippen molar-refractivity contribution in [2.75, 3.05) is 7.11 Å². The van der Waals surface area contributed by atoms with Gasteiger partial charge in [-0.15, -0.1) is 0 Å². The van der Waals surface area contributed by atoms with Gasteiger partial charge in [0.25, 0.3) is 0 Å². The minimum Gasteiger partial charge on any atom is -0.497 e. The summed E-state index contributed by atoms with van der Waals surface area (Å²) in [5.74, 6) is 2.00. The van der Waals surface area contributed by atoms with Crippen molar-refractivity contribution >= 4 is 5.78 Å². The van der Waals surface area contributed by atoms with Gasteiger partial charge in [-0.05, 0) is 66.2 Å². The van der Waals surface area contributed by atoms with Gasteiger partial charge >= 0.3 is 0 Å². The van der Waals surface area contributed by atoms with E-state index < -0.39 is 0 Å². The van der Waals surface area contributed by atoms with Gasteiger partial charge in [-0.25, -0.2) is 0 Å². The smallest absolute Gasteiger partial charge is 0.141 e. The number of benzene rings is 1. The van der Waals surface area contributed by atoms with Gasteiger partial charge in [0.2, 0.25) is 0 Å². The van der Waals surface area contributed by atoms with Crippen LogP contribution in [0.4, 0.5) is 0 Å². The summed E-state index contributed by atoms with van der Waals surface area (Å²) in [5.41, 5.74) is 2.43. The van der Waals surface area contributed by atoms with Crippen molar-refractivity contribution in [1.29, 1.82) is 0 Å². The summed E-state index contributed by atoms with van der Waals surface area (Å²) in [7, 11) is 1.67. The number of carbonyl (C=O) groups excluding carboxylic acids is 1. The van der Waals surface area contributed by atoms with Crippen LogP contribution in [-0.2, 0) is 11.2 Å². The van der Waals surface area contributed by atoms with Gasteiger partial charge in [0.05, 0.1) is 13.2 Å². The lowest BCUT2D eigenvalue weighted by molar-refractivity contribution is -0.130. The lowest BCUT2D eigenvalue weighted by Gasteiger charge is -2.49. The van der Waals surface area contributed by atoms with E-state index in [2.05, 4.69) is 13.0 Å². The predicted octanol–water partition coefficient (Wildman–Crippen LogP) is 3.09. The lowest BCUT2D eigenvalue weighted by Crippen LogP contribution is -2.47. The molecular formula is C19H24O3. The fourth-order valence-electron chi connectivity index (χ4n) is 5.44. The predicted molar refractivity (Wildman–Crippen MR) is 84.0 cm³/mol. The molecule has 5 atom stereocenters. The molecule has 0 amide bonds. The molecule has 3 heteroatoms. The largest absolute Gasteiger partial charge is 0.497 e. The molecule has 0 spiro atoms. The summed E-state index contributed by atoms with van der Waals surface area (Å²) >= 11 is 0. The summed E-state index contributed by atoms with van der Waals surface area (Å²) in [6.45, 7) is 2.20. The molecule has 1 aromatic rings. The molecule has 0 aromatic heterocycles. The van der Waals surface area contributed by atoms with E-state index in [1.165, 1.54) is 5.56 Å². The second-order valence-corrected chi connectivity index (χ2v) is 7.58. The highest BCUT2D eigenvalue weighted by Crippen LogP contribution is 2.60. The molecule has 3 aliphatic carbocycles. The number of Topliss-reactive ketones (excluding diaryl/α,β-unsaturated/α-hetero) is 1. The van der Waals surface area contributed by atoms with E-state index in [1.54, 1.807) is 7.11 Å². The maximum absolute atomic E-state index is 12.9. The second kappa shape index (κ2) is 4.82. The molecule has 1 N–H and O–H groups in total. The number of ether oxygens (including phenoxy) is 1. The van der Waals surface area contributed by atoms with E-state index in [0.717, 1.165) is 37.0 Å². The fraction of sp³-hybridized carbons (Fsp3) is 0.632. The molecule has 2 fully saturated rings. The minimum absolute atomic E-state index is 0.0548. The van der Waals surface area contributed by atoms with E-state index in [-0.39, 0.29) is 17.4 Å². The van der Waals surface area contributed by atoms with Crippen molar-refractivity contribution in [2.45, 2.75) is 51.0 Å². The molecule has 118 valence electrons. The fourth-order valence-corrected chi connectivity index (χ4v) is 5.44. The van der Waals surface area contributed by atoms with E-state index >= 15 is 0 Å². The minimum atomic E-state index is -0.233. The number of aliphatic hydroxyl groups is 1. The molecule has 1 aromatic carbocycles. The van der Waals surface area contributed by atoms with Crippen molar-refractivity contribution in [2.24, 2.45) is 17.3 Å². The Kier molecular flexibility index (Phi) is 3.12. The highest BCUT2D eigenvalue weighted by atomic mass is 16.5. The zero-order valence-electron chi connectivity index (χ0n) is 13.3. The molecule has 2 saturated carbocycles. The number of fused-ring (bicyclic) bond motifs is 5. The molecule has 0 unspecified atom stereocenters. The SMILES string of the molecule is COc1ccc2c(c1)CC(=O)[C@@H]1[C@@H]2CC[C@]2(C)[C@@H](O)CC[C@@H]12. The van der Waals surface area contributed by atoms with Gasteiger partial charge in [-0.1, -0.05) is 13.0 Å².